The van der Waals surface area contributed by atoms with Gasteiger partial charge in [0.1, 0.15) is 11.6 Å². The number of nitrogens with one attached hydrogen (secondary N) is 1. The number of halogens is 1. The van der Waals surface area contributed by atoms with Crippen molar-refractivity contribution in [3.63, 3.8) is 0 Å². The van der Waals surface area contributed by atoms with Gasteiger partial charge in [-0.2, -0.15) is 0 Å². The number of carbonyl (C=O) groups is 1. The Morgan fingerprint density at radius 2 is 2.00 bits per heavy atom. The number of anilines is 1. The minimum atomic E-state index is -0.250. The molecule has 0 bridgehead atoms. The van der Waals surface area contributed by atoms with E-state index in [2.05, 4.69) is 5.32 Å². The van der Waals surface area contributed by atoms with Crippen LogP contribution < -0.4 is 10.1 Å². The van der Waals surface area contributed by atoms with E-state index in [0.717, 1.165) is 5.69 Å². The summed E-state index contributed by atoms with van der Waals surface area (Å²) in [6.07, 6.45) is 1.51. The number of rotatable bonds is 5. The number of ether oxygens (including phenoxy) is 1. The van der Waals surface area contributed by atoms with Crippen molar-refractivity contribution < 1.29 is 13.9 Å². The fourth-order valence-corrected chi connectivity index (χ4v) is 2.04. The summed E-state index contributed by atoms with van der Waals surface area (Å²) in [4.78, 5) is 12.2. The van der Waals surface area contributed by atoms with Gasteiger partial charge in [0.15, 0.2) is 5.78 Å². The molecule has 0 amide bonds. The van der Waals surface area contributed by atoms with Gasteiger partial charge in [-0.3, -0.25) is 4.79 Å². The summed E-state index contributed by atoms with van der Waals surface area (Å²) in [6, 6.07) is 11.7. The van der Waals surface area contributed by atoms with Crippen LogP contribution >= 0.6 is 0 Å². The first-order valence-corrected chi connectivity index (χ1v) is 6.89. The van der Waals surface area contributed by atoms with Gasteiger partial charge in [-0.15, -0.1) is 0 Å². The minimum absolute atomic E-state index is 0.122. The first kappa shape index (κ1) is 15.8. The summed E-state index contributed by atoms with van der Waals surface area (Å²) < 4.78 is 18.3. The second-order valence-corrected chi connectivity index (χ2v) is 5.01. The summed E-state index contributed by atoms with van der Waals surface area (Å²) >= 11 is 0. The van der Waals surface area contributed by atoms with E-state index in [1.54, 1.807) is 57.4 Å². The fourth-order valence-electron chi connectivity index (χ4n) is 2.04. The molecule has 0 saturated carbocycles. The molecule has 1 N–H and O–H groups in total. The van der Waals surface area contributed by atoms with Crippen molar-refractivity contribution in [2.75, 3.05) is 12.4 Å². The highest BCUT2D eigenvalue weighted by Crippen LogP contribution is 2.17. The molecule has 22 heavy (non-hydrogen) atoms. The fraction of sp³-hybridized carbons (Fsp3) is 0.167. The van der Waals surface area contributed by atoms with Gasteiger partial charge >= 0.3 is 0 Å². The quantitative estimate of drug-likeness (QED) is 0.659. The second kappa shape index (κ2) is 6.89. The van der Waals surface area contributed by atoms with Crippen molar-refractivity contribution in [2.45, 2.75) is 13.8 Å². The Morgan fingerprint density at radius 1 is 1.23 bits per heavy atom. The van der Waals surface area contributed by atoms with Gasteiger partial charge in [0.25, 0.3) is 0 Å². The average molecular weight is 299 g/mol. The molecule has 4 heteroatoms. The maximum atomic E-state index is 13.2. The Bertz CT molecular complexity index is 723. The molecule has 3 nitrogen and oxygen atoms in total. The maximum absolute atomic E-state index is 13.2. The minimum Gasteiger partial charge on any atom is -0.497 e. The van der Waals surface area contributed by atoms with E-state index in [1.165, 1.54) is 12.1 Å². The van der Waals surface area contributed by atoms with Gasteiger partial charge in [-0.1, -0.05) is 12.1 Å². The molecule has 0 spiro atoms. The maximum Gasteiger partial charge on any atom is 0.187 e. The normalized spacial score (nSPS) is 11.2. The summed E-state index contributed by atoms with van der Waals surface area (Å²) in [6.45, 7) is 3.48. The molecular weight excluding hydrogens is 281 g/mol. The molecule has 0 radical (unpaired) electrons. The van der Waals surface area contributed by atoms with Crippen LogP contribution in [0.4, 0.5) is 10.1 Å². The number of hydrogen-bond donors (Lipinski definition) is 1. The summed E-state index contributed by atoms with van der Waals surface area (Å²) in [5.41, 5.74) is 2.53. The summed E-state index contributed by atoms with van der Waals surface area (Å²) in [7, 11) is 1.56. The number of aryl methyl sites for hydroxylation is 1. The molecule has 0 aliphatic rings. The van der Waals surface area contributed by atoms with E-state index in [9.17, 15) is 9.18 Å². The van der Waals surface area contributed by atoms with Crippen LogP contribution in [0, 0.1) is 12.7 Å². The van der Waals surface area contributed by atoms with E-state index < -0.39 is 0 Å². The monoisotopic (exact) mass is 299 g/mol. The molecule has 114 valence electrons. The van der Waals surface area contributed by atoms with Gasteiger partial charge < -0.3 is 10.1 Å². The van der Waals surface area contributed by atoms with E-state index >= 15 is 0 Å². The Morgan fingerprint density at radius 3 is 2.68 bits per heavy atom. The van der Waals surface area contributed by atoms with Crippen LogP contribution in [0.1, 0.15) is 22.8 Å². The zero-order valence-corrected chi connectivity index (χ0v) is 12.8. The third-order valence-electron chi connectivity index (χ3n) is 3.20. The lowest BCUT2D eigenvalue weighted by Crippen LogP contribution is -2.02. The Kier molecular flexibility index (Phi) is 4.94. The van der Waals surface area contributed by atoms with Crippen LogP contribution in [-0.4, -0.2) is 12.9 Å². The molecular formula is C18H18FNO2. The Labute approximate surface area is 129 Å². The molecule has 0 aliphatic heterocycles. The number of carbonyl (C=O) groups excluding carboxylic acids is 1. The summed E-state index contributed by atoms with van der Waals surface area (Å²) in [5.74, 6) is 0.265. The van der Waals surface area contributed by atoms with Gasteiger partial charge in [0.05, 0.1) is 7.11 Å². The van der Waals surface area contributed by atoms with E-state index in [4.69, 9.17) is 4.74 Å². The van der Waals surface area contributed by atoms with E-state index in [-0.39, 0.29) is 11.6 Å². The van der Waals surface area contributed by atoms with Crippen LogP contribution in [-0.2, 0) is 0 Å². The number of methoxy groups -OCH3 is 1. The van der Waals surface area contributed by atoms with Crippen molar-refractivity contribution >= 4 is 11.5 Å². The molecule has 0 saturated heterocycles. The predicted molar refractivity (Wildman–Crippen MR) is 85.8 cm³/mol. The van der Waals surface area contributed by atoms with Gasteiger partial charge in [-0.25, -0.2) is 4.39 Å². The smallest absolute Gasteiger partial charge is 0.187 e. The molecule has 0 heterocycles. The highest BCUT2D eigenvalue weighted by atomic mass is 19.1. The predicted octanol–water partition coefficient (Wildman–Crippen LogP) is 4.34. The third-order valence-corrected chi connectivity index (χ3v) is 3.20. The van der Waals surface area contributed by atoms with Crippen molar-refractivity contribution in [1.82, 2.24) is 0 Å². The van der Waals surface area contributed by atoms with Crippen LogP contribution in [0.5, 0.6) is 5.75 Å². The molecule has 2 aromatic rings. The van der Waals surface area contributed by atoms with Gasteiger partial charge in [0, 0.05) is 23.0 Å². The number of benzene rings is 2. The number of ketones is 1. The number of allylic oxidation sites excluding steroid dienone is 2. The van der Waals surface area contributed by atoms with E-state index in [1.807, 2.05) is 0 Å². The second-order valence-electron chi connectivity index (χ2n) is 5.01. The van der Waals surface area contributed by atoms with Gasteiger partial charge in [-0.05, 0) is 49.7 Å². The molecule has 0 aromatic heterocycles. The molecule has 2 aromatic carbocycles. The SMILES string of the molecule is COc1cccc(C(=O)C=C(C)Nc2ccc(F)c(C)c2)c1. The molecule has 0 fully saturated rings. The lowest BCUT2D eigenvalue weighted by atomic mass is 10.1. The largest absolute Gasteiger partial charge is 0.497 e. The van der Waals surface area contributed by atoms with Crippen LogP contribution in [0.2, 0.25) is 0 Å². The molecule has 2 rings (SSSR count). The van der Waals surface area contributed by atoms with Crippen molar-refractivity contribution in [1.29, 1.82) is 0 Å². The van der Waals surface area contributed by atoms with Crippen LogP contribution in [0.25, 0.3) is 0 Å². The first-order valence-electron chi connectivity index (χ1n) is 6.89. The van der Waals surface area contributed by atoms with Crippen LogP contribution in [0.15, 0.2) is 54.2 Å². The van der Waals surface area contributed by atoms with Gasteiger partial charge in [0.2, 0.25) is 0 Å². The van der Waals surface area contributed by atoms with Crippen molar-refractivity contribution in [3.8, 4) is 5.75 Å². The first-order chi connectivity index (χ1) is 10.5. The lowest BCUT2D eigenvalue weighted by Gasteiger charge is -2.08. The standard InChI is InChI=1S/C18H18FNO2/c1-12-9-15(7-8-17(12)19)20-13(2)10-18(21)14-5-4-6-16(11-14)22-3/h4-11,20H,1-3H3. The zero-order valence-electron chi connectivity index (χ0n) is 12.8. The molecule has 0 atom stereocenters. The molecule has 0 aliphatic carbocycles. The summed E-state index contributed by atoms with van der Waals surface area (Å²) in [5, 5.41) is 3.08. The Balaban J connectivity index is 2.13. The number of hydrogen-bond acceptors (Lipinski definition) is 3. The average Bonchev–Trinajstić information content (AvgIpc) is 2.51. The van der Waals surface area contributed by atoms with Crippen LogP contribution in [0.3, 0.4) is 0 Å². The topological polar surface area (TPSA) is 38.3 Å². The Hall–Kier alpha value is -2.62. The van der Waals surface area contributed by atoms with E-state index in [0.29, 0.717) is 22.6 Å². The van der Waals surface area contributed by atoms with Crippen molar-refractivity contribution in [2.24, 2.45) is 0 Å². The molecule has 0 unspecified atom stereocenters. The lowest BCUT2D eigenvalue weighted by molar-refractivity contribution is 0.104. The van der Waals surface area contributed by atoms with Crippen molar-refractivity contribution in [3.05, 3.63) is 71.2 Å². The zero-order chi connectivity index (χ0) is 16.1. The third kappa shape index (κ3) is 3.95. The highest BCUT2D eigenvalue weighted by Gasteiger charge is 2.05. The highest BCUT2D eigenvalue weighted by molar-refractivity contribution is 6.05.